The molecule has 0 unspecified atom stereocenters. The number of benzene rings is 1. The average molecular weight is 419 g/mol. The number of urea groups is 1. The van der Waals surface area contributed by atoms with E-state index in [1.807, 2.05) is 0 Å². The fourth-order valence-electron chi connectivity index (χ4n) is 4.12. The summed E-state index contributed by atoms with van der Waals surface area (Å²) in [5, 5.41) is 6.37. The van der Waals surface area contributed by atoms with Gasteiger partial charge in [-0.15, -0.1) is 0 Å². The van der Waals surface area contributed by atoms with Gasteiger partial charge in [0.1, 0.15) is 0 Å². The quantitative estimate of drug-likeness (QED) is 0.677. The van der Waals surface area contributed by atoms with Crippen LogP contribution in [0.2, 0.25) is 0 Å². The van der Waals surface area contributed by atoms with Crippen molar-refractivity contribution in [2.24, 2.45) is 0 Å². The van der Waals surface area contributed by atoms with Crippen molar-refractivity contribution in [1.29, 1.82) is 0 Å². The molecule has 168 valence electrons. The van der Waals surface area contributed by atoms with Crippen LogP contribution in [0.5, 0.6) is 0 Å². The van der Waals surface area contributed by atoms with E-state index in [-0.39, 0.29) is 17.6 Å². The van der Waals surface area contributed by atoms with Crippen LogP contribution < -0.4 is 10.6 Å². The Balaban J connectivity index is 1.60. The topological polar surface area (TPSA) is 66.1 Å². The summed E-state index contributed by atoms with van der Waals surface area (Å²) in [5.74, 6) is 0. The summed E-state index contributed by atoms with van der Waals surface area (Å²) in [6.45, 7) is 14.5. The zero-order valence-electron chi connectivity index (χ0n) is 18.8. The SMILES string of the molecule is CC[C@](C)(CNC(=O)N[C@H](CN1CCOCC1)c1ccc(C)cc1)N1CCOCC1. The molecule has 2 aliphatic heterocycles. The molecule has 7 nitrogen and oxygen atoms in total. The second kappa shape index (κ2) is 11.1. The molecule has 2 atom stereocenters. The standard InChI is InChI=1S/C23H38N4O3/c1-4-23(3,27-11-15-30-16-12-27)18-24-22(28)25-21(17-26-9-13-29-14-10-26)20-7-5-19(2)6-8-20/h5-8,21H,4,9-18H2,1-3H3,(H2,24,25,28)/t21-,23-/m1/s1. The van der Waals surface area contributed by atoms with E-state index in [0.29, 0.717) is 6.54 Å². The highest BCUT2D eigenvalue weighted by atomic mass is 16.5. The molecule has 2 fully saturated rings. The first-order valence-electron chi connectivity index (χ1n) is 11.2. The Morgan fingerprint density at radius 3 is 2.27 bits per heavy atom. The summed E-state index contributed by atoms with van der Waals surface area (Å²) in [4.78, 5) is 17.7. The first-order chi connectivity index (χ1) is 14.5. The molecule has 2 aliphatic rings. The van der Waals surface area contributed by atoms with Crippen molar-refractivity contribution in [2.75, 3.05) is 65.7 Å². The van der Waals surface area contributed by atoms with Gasteiger partial charge in [0.25, 0.3) is 0 Å². The summed E-state index contributed by atoms with van der Waals surface area (Å²) < 4.78 is 11.0. The maximum absolute atomic E-state index is 12.9. The van der Waals surface area contributed by atoms with E-state index in [1.54, 1.807) is 0 Å². The van der Waals surface area contributed by atoms with Gasteiger partial charge >= 0.3 is 6.03 Å². The lowest BCUT2D eigenvalue weighted by molar-refractivity contribution is -0.0165. The number of aryl methyl sites for hydroxylation is 1. The highest BCUT2D eigenvalue weighted by molar-refractivity contribution is 5.74. The monoisotopic (exact) mass is 418 g/mol. The van der Waals surface area contributed by atoms with Crippen molar-refractivity contribution in [2.45, 2.75) is 38.8 Å². The summed E-state index contributed by atoms with van der Waals surface area (Å²) in [5.41, 5.74) is 2.29. The van der Waals surface area contributed by atoms with Gasteiger partial charge in [0.2, 0.25) is 0 Å². The highest BCUT2D eigenvalue weighted by Gasteiger charge is 2.32. The number of hydrogen-bond donors (Lipinski definition) is 2. The third-order valence-corrected chi connectivity index (χ3v) is 6.50. The number of nitrogens with zero attached hydrogens (tertiary/aromatic N) is 2. The van der Waals surface area contributed by atoms with Gasteiger partial charge in [-0.3, -0.25) is 9.80 Å². The third-order valence-electron chi connectivity index (χ3n) is 6.50. The number of carbonyl (C=O) groups excluding carboxylic acids is 1. The normalized spacial score (nSPS) is 21.6. The number of morpholine rings is 2. The minimum absolute atomic E-state index is 0.0556. The maximum atomic E-state index is 12.9. The molecule has 0 aliphatic carbocycles. The summed E-state index contributed by atoms with van der Waals surface area (Å²) in [6.07, 6.45) is 0.975. The number of rotatable bonds is 8. The van der Waals surface area contributed by atoms with Crippen LogP contribution >= 0.6 is 0 Å². The van der Waals surface area contributed by atoms with Gasteiger partial charge in [-0.05, 0) is 25.8 Å². The molecule has 1 aromatic carbocycles. The average Bonchev–Trinajstić information content (AvgIpc) is 2.79. The van der Waals surface area contributed by atoms with Crippen LogP contribution in [-0.4, -0.2) is 87.1 Å². The zero-order chi connectivity index (χ0) is 21.4. The number of carbonyl (C=O) groups is 1. The largest absolute Gasteiger partial charge is 0.379 e. The second-order valence-corrected chi connectivity index (χ2v) is 8.65. The van der Waals surface area contributed by atoms with Gasteiger partial charge in [0.15, 0.2) is 0 Å². The Bertz CT molecular complexity index is 657. The van der Waals surface area contributed by atoms with E-state index >= 15 is 0 Å². The van der Waals surface area contributed by atoms with Crippen molar-refractivity contribution >= 4 is 6.03 Å². The van der Waals surface area contributed by atoms with Crippen molar-refractivity contribution < 1.29 is 14.3 Å². The van der Waals surface area contributed by atoms with Gasteiger partial charge in [-0.25, -0.2) is 4.79 Å². The fourth-order valence-corrected chi connectivity index (χ4v) is 4.12. The van der Waals surface area contributed by atoms with E-state index < -0.39 is 0 Å². The summed E-state index contributed by atoms with van der Waals surface area (Å²) in [6, 6.07) is 8.28. The van der Waals surface area contributed by atoms with Crippen molar-refractivity contribution in [1.82, 2.24) is 20.4 Å². The molecule has 1 aromatic rings. The van der Waals surface area contributed by atoms with Gasteiger partial charge in [0, 0.05) is 44.8 Å². The molecule has 0 aromatic heterocycles. The Morgan fingerprint density at radius 2 is 1.67 bits per heavy atom. The van der Waals surface area contributed by atoms with Gasteiger partial charge in [-0.2, -0.15) is 0 Å². The molecule has 0 saturated carbocycles. The van der Waals surface area contributed by atoms with Gasteiger partial charge < -0.3 is 20.1 Å². The van der Waals surface area contributed by atoms with Crippen LogP contribution in [0.1, 0.15) is 37.4 Å². The van der Waals surface area contributed by atoms with Crippen molar-refractivity contribution in [3.8, 4) is 0 Å². The lowest BCUT2D eigenvalue weighted by atomic mass is 9.95. The minimum Gasteiger partial charge on any atom is -0.379 e. The van der Waals surface area contributed by atoms with Crippen LogP contribution in [0.4, 0.5) is 4.79 Å². The van der Waals surface area contributed by atoms with E-state index in [0.717, 1.165) is 71.1 Å². The lowest BCUT2D eigenvalue weighted by Gasteiger charge is -2.43. The molecule has 3 rings (SSSR count). The predicted molar refractivity (Wildman–Crippen MR) is 119 cm³/mol. The van der Waals surface area contributed by atoms with E-state index in [4.69, 9.17) is 9.47 Å². The van der Waals surface area contributed by atoms with E-state index in [2.05, 4.69) is 65.5 Å². The molecule has 2 saturated heterocycles. The van der Waals surface area contributed by atoms with Gasteiger partial charge in [-0.1, -0.05) is 36.8 Å². The Labute approximate surface area is 181 Å². The molecular weight excluding hydrogens is 380 g/mol. The Hall–Kier alpha value is -1.67. The maximum Gasteiger partial charge on any atom is 0.315 e. The molecule has 2 heterocycles. The number of amides is 2. The van der Waals surface area contributed by atoms with Crippen molar-refractivity contribution in [3.63, 3.8) is 0 Å². The second-order valence-electron chi connectivity index (χ2n) is 8.65. The summed E-state index contributed by atoms with van der Waals surface area (Å²) in [7, 11) is 0. The van der Waals surface area contributed by atoms with Crippen LogP contribution in [0.25, 0.3) is 0 Å². The van der Waals surface area contributed by atoms with Gasteiger partial charge in [0.05, 0.1) is 32.5 Å². The molecule has 7 heteroatoms. The van der Waals surface area contributed by atoms with Crippen LogP contribution in [0, 0.1) is 6.92 Å². The van der Waals surface area contributed by atoms with Crippen LogP contribution in [0.15, 0.2) is 24.3 Å². The Morgan fingerprint density at radius 1 is 1.07 bits per heavy atom. The lowest BCUT2D eigenvalue weighted by Crippen LogP contribution is -2.58. The van der Waals surface area contributed by atoms with Crippen molar-refractivity contribution in [3.05, 3.63) is 35.4 Å². The van der Waals surface area contributed by atoms with Crippen LogP contribution in [-0.2, 0) is 9.47 Å². The van der Waals surface area contributed by atoms with Crippen LogP contribution in [0.3, 0.4) is 0 Å². The highest BCUT2D eigenvalue weighted by Crippen LogP contribution is 2.20. The molecule has 0 bridgehead atoms. The van der Waals surface area contributed by atoms with E-state index in [9.17, 15) is 4.79 Å². The fraction of sp³-hybridized carbons (Fsp3) is 0.696. The zero-order valence-corrected chi connectivity index (χ0v) is 18.8. The molecule has 30 heavy (non-hydrogen) atoms. The molecule has 0 radical (unpaired) electrons. The molecule has 0 spiro atoms. The third kappa shape index (κ3) is 6.41. The molecular formula is C23H38N4O3. The summed E-state index contributed by atoms with van der Waals surface area (Å²) >= 11 is 0. The number of ether oxygens (including phenoxy) is 2. The first-order valence-corrected chi connectivity index (χ1v) is 11.2. The molecule has 2 amide bonds. The first kappa shape index (κ1) is 23.0. The minimum atomic E-state index is -0.109. The Kier molecular flexibility index (Phi) is 8.50. The number of hydrogen-bond acceptors (Lipinski definition) is 5. The molecule has 2 N–H and O–H groups in total. The smallest absolute Gasteiger partial charge is 0.315 e. The number of nitrogens with one attached hydrogen (secondary N) is 2. The predicted octanol–water partition coefficient (Wildman–Crippen LogP) is 2.17. The van der Waals surface area contributed by atoms with E-state index in [1.165, 1.54) is 5.56 Å².